The van der Waals surface area contributed by atoms with Crippen LogP contribution in [0.5, 0.6) is 0 Å². The fourth-order valence-electron chi connectivity index (χ4n) is 2.28. The number of hydrogen-bond donors (Lipinski definition) is 1. The third kappa shape index (κ3) is 3.06. The summed E-state index contributed by atoms with van der Waals surface area (Å²) in [6.07, 6.45) is 1.22. The number of rotatable bonds is 3. The van der Waals surface area contributed by atoms with Crippen LogP contribution in [0.15, 0.2) is 28.7 Å². The van der Waals surface area contributed by atoms with Crippen LogP contribution >= 0.6 is 15.9 Å². The van der Waals surface area contributed by atoms with Gasteiger partial charge < -0.3 is 5.32 Å². The molecule has 1 atom stereocenters. The number of benzene rings is 1. The Labute approximate surface area is 106 Å². The lowest BCUT2D eigenvalue weighted by Crippen LogP contribution is -2.50. The lowest BCUT2D eigenvalue weighted by atomic mass is 10.1. The van der Waals surface area contributed by atoms with Gasteiger partial charge in [0.2, 0.25) is 0 Å². The van der Waals surface area contributed by atoms with Crippen LogP contribution in [-0.4, -0.2) is 30.6 Å². The molecule has 2 rings (SSSR count). The van der Waals surface area contributed by atoms with Crippen LogP contribution < -0.4 is 5.32 Å². The molecule has 0 aromatic heterocycles. The Hall–Kier alpha value is -0.380. The van der Waals surface area contributed by atoms with Crippen molar-refractivity contribution in [2.45, 2.75) is 25.9 Å². The standard InChI is InChI=1S/C13H19BrN2/c1-2-13-9-15-6-7-16(13)10-11-4-3-5-12(14)8-11/h3-5,8,13,15H,2,6-7,9-10H2,1H3. The van der Waals surface area contributed by atoms with E-state index in [0.717, 1.165) is 26.2 Å². The van der Waals surface area contributed by atoms with E-state index < -0.39 is 0 Å². The van der Waals surface area contributed by atoms with Crippen LogP contribution in [0.1, 0.15) is 18.9 Å². The largest absolute Gasteiger partial charge is 0.314 e. The van der Waals surface area contributed by atoms with Crippen molar-refractivity contribution in [1.82, 2.24) is 10.2 Å². The van der Waals surface area contributed by atoms with Gasteiger partial charge >= 0.3 is 0 Å². The highest BCUT2D eigenvalue weighted by atomic mass is 79.9. The Kier molecular flexibility index (Phi) is 4.38. The van der Waals surface area contributed by atoms with E-state index in [1.54, 1.807) is 0 Å². The van der Waals surface area contributed by atoms with Crippen molar-refractivity contribution in [1.29, 1.82) is 0 Å². The molecule has 3 heteroatoms. The zero-order valence-electron chi connectivity index (χ0n) is 9.75. The van der Waals surface area contributed by atoms with Gasteiger partial charge in [-0.25, -0.2) is 0 Å². The van der Waals surface area contributed by atoms with Crippen LogP contribution in [0.2, 0.25) is 0 Å². The summed E-state index contributed by atoms with van der Waals surface area (Å²) in [4.78, 5) is 2.58. The molecule has 1 fully saturated rings. The Morgan fingerprint density at radius 3 is 3.12 bits per heavy atom. The molecule has 0 spiro atoms. The quantitative estimate of drug-likeness (QED) is 0.917. The molecular weight excluding hydrogens is 264 g/mol. The van der Waals surface area contributed by atoms with Gasteiger partial charge in [-0.2, -0.15) is 0 Å². The first-order valence-corrected chi connectivity index (χ1v) is 6.78. The third-order valence-electron chi connectivity index (χ3n) is 3.22. The topological polar surface area (TPSA) is 15.3 Å². The molecule has 0 aliphatic carbocycles. The van der Waals surface area contributed by atoms with E-state index in [2.05, 4.69) is 57.3 Å². The maximum absolute atomic E-state index is 3.53. The minimum absolute atomic E-state index is 0.688. The van der Waals surface area contributed by atoms with Gasteiger partial charge in [0.15, 0.2) is 0 Å². The Balaban J connectivity index is 2.02. The summed E-state index contributed by atoms with van der Waals surface area (Å²) in [6.45, 7) is 6.74. The first-order valence-electron chi connectivity index (χ1n) is 5.99. The highest BCUT2D eigenvalue weighted by molar-refractivity contribution is 9.10. The lowest BCUT2D eigenvalue weighted by Gasteiger charge is -2.35. The predicted octanol–water partition coefficient (Wildman–Crippen LogP) is 2.63. The fraction of sp³-hybridized carbons (Fsp3) is 0.538. The fourth-order valence-corrected chi connectivity index (χ4v) is 2.73. The molecule has 1 aromatic rings. The van der Waals surface area contributed by atoms with Crippen LogP contribution in [0, 0.1) is 0 Å². The minimum atomic E-state index is 0.688. The van der Waals surface area contributed by atoms with Crippen molar-refractivity contribution in [3.05, 3.63) is 34.3 Å². The molecule has 1 aliphatic rings. The van der Waals surface area contributed by atoms with Gasteiger partial charge in [-0.05, 0) is 24.1 Å². The van der Waals surface area contributed by atoms with Gasteiger partial charge in [0.1, 0.15) is 0 Å². The average molecular weight is 283 g/mol. The maximum Gasteiger partial charge on any atom is 0.0238 e. The van der Waals surface area contributed by atoms with Crippen molar-refractivity contribution in [3.8, 4) is 0 Å². The van der Waals surface area contributed by atoms with Crippen molar-refractivity contribution in [2.75, 3.05) is 19.6 Å². The number of hydrogen-bond acceptors (Lipinski definition) is 2. The molecule has 1 aliphatic heterocycles. The highest BCUT2D eigenvalue weighted by Crippen LogP contribution is 2.16. The molecule has 1 heterocycles. The zero-order valence-corrected chi connectivity index (χ0v) is 11.3. The van der Waals surface area contributed by atoms with E-state index in [9.17, 15) is 0 Å². The predicted molar refractivity (Wildman–Crippen MR) is 71.5 cm³/mol. The van der Waals surface area contributed by atoms with Crippen LogP contribution in [0.4, 0.5) is 0 Å². The summed E-state index contributed by atoms with van der Waals surface area (Å²) in [5.74, 6) is 0. The minimum Gasteiger partial charge on any atom is -0.314 e. The van der Waals surface area contributed by atoms with Gasteiger partial charge in [-0.15, -0.1) is 0 Å². The van der Waals surface area contributed by atoms with Crippen molar-refractivity contribution >= 4 is 15.9 Å². The maximum atomic E-state index is 3.53. The van der Waals surface area contributed by atoms with Crippen LogP contribution in [0.25, 0.3) is 0 Å². The summed E-state index contributed by atoms with van der Waals surface area (Å²) in [7, 11) is 0. The number of halogens is 1. The summed E-state index contributed by atoms with van der Waals surface area (Å²) < 4.78 is 1.17. The number of nitrogens with one attached hydrogen (secondary N) is 1. The molecule has 1 unspecified atom stereocenters. The van der Waals surface area contributed by atoms with Crippen molar-refractivity contribution < 1.29 is 0 Å². The van der Waals surface area contributed by atoms with Gasteiger partial charge in [0.25, 0.3) is 0 Å². The van der Waals surface area contributed by atoms with Gasteiger partial charge in [-0.1, -0.05) is 35.0 Å². The molecule has 2 nitrogen and oxygen atoms in total. The van der Waals surface area contributed by atoms with E-state index in [4.69, 9.17) is 0 Å². The second kappa shape index (κ2) is 5.80. The van der Waals surface area contributed by atoms with Crippen molar-refractivity contribution in [3.63, 3.8) is 0 Å². The molecule has 1 aromatic carbocycles. The monoisotopic (exact) mass is 282 g/mol. The summed E-state index contributed by atoms with van der Waals surface area (Å²) in [5, 5.41) is 3.46. The smallest absolute Gasteiger partial charge is 0.0238 e. The van der Waals surface area contributed by atoms with E-state index in [1.807, 2.05) is 0 Å². The van der Waals surface area contributed by atoms with Crippen LogP contribution in [-0.2, 0) is 6.54 Å². The van der Waals surface area contributed by atoms with Crippen molar-refractivity contribution in [2.24, 2.45) is 0 Å². The van der Waals surface area contributed by atoms with Crippen LogP contribution in [0.3, 0.4) is 0 Å². The number of nitrogens with zero attached hydrogens (tertiary/aromatic N) is 1. The highest BCUT2D eigenvalue weighted by Gasteiger charge is 2.20. The number of piperazine rings is 1. The molecule has 0 saturated carbocycles. The normalized spacial score (nSPS) is 22.2. The Bertz CT molecular complexity index is 340. The zero-order chi connectivity index (χ0) is 11.4. The van der Waals surface area contributed by atoms with E-state index >= 15 is 0 Å². The second-order valence-electron chi connectivity index (χ2n) is 4.37. The SMILES string of the molecule is CCC1CNCCN1Cc1cccc(Br)c1. The summed E-state index contributed by atoms with van der Waals surface area (Å²) in [6, 6.07) is 9.31. The Morgan fingerprint density at radius 2 is 2.38 bits per heavy atom. The summed E-state index contributed by atoms with van der Waals surface area (Å²) >= 11 is 3.53. The molecule has 1 saturated heterocycles. The Morgan fingerprint density at radius 1 is 1.50 bits per heavy atom. The summed E-state index contributed by atoms with van der Waals surface area (Å²) in [5.41, 5.74) is 1.40. The van der Waals surface area contributed by atoms with E-state index in [0.29, 0.717) is 6.04 Å². The first kappa shape index (κ1) is 12.1. The van der Waals surface area contributed by atoms with Gasteiger partial charge in [-0.3, -0.25) is 4.90 Å². The molecule has 1 N–H and O–H groups in total. The first-order chi connectivity index (χ1) is 7.79. The molecular formula is C13H19BrN2. The second-order valence-corrected chi connectivity index (χ2v) is 5.28. The molecule has 16 heavy (non-hydrogen) atoms. The van der Waals surface area contributed by atoms with Gasteiger partial charge in [0, 0.05) is 36.7 Å². The molecule has 0 amide bonds. The molecule has 88 valence electrons. The van der Waals surface area contributed by atoms with Gasteiger partial charge in [0.05, 0.1) is 0 Å². The molecule has 0 radical (unpaired) electrons. The molecule has 0 bridgehead atoms. The lowest BCUT2D eigenvalue weighted by molar-refractivity contribution is 0.149. The average Bonchev–Trinajstić information content (AvgIpc) is 2.30. The third-order valence-corrected chi connectivity index (χ3v) is 3.71. The van der Waals surface area contributed by atoms with E-state index in [1.165, 1.54) is 16.5 Å². The van der Waals surface area contributed by atoms with E-state index in [-0.39, 0.29) is 0 Å².